The van der Waals surface area contributed by atoms with Crippen LogP contribution in [0.25, 0.3) is 0 Å². The van der Waals surface area contributed by atoms with Gasteiger partial charge in [0.15, 0.2) is 0 Å². The molecule has 1 aromatic rings. The normalized spacial score (nSPS) is 11.9. The average molecular weight is 272 g/mol. The quantitative estimate of drug-likeness (QED) is 0.670. The van der Waals surface area contributed by atoms with Crippen LogP contribution in [0.4, 0.5) is 0 Å². The van der Waals surface area contributed by atoms with Crippen molar-refractivity contribution < 1.29 is 14.6 Å². The SMILES string of the molecule is C=C(C(=O)OC)C(O)c1ccc(Br)cn1. The van der Waals surface area contributed by atoms with Crippen LogP contribution < -0.4 is 0 Å². The van der Waals surface area contributed by atoms with Gasteiger partial charge in [0.2, 0.25) is 0 Å². The average Bonchev–Trinajstić information content (AvgIpc) is 2.27. The molecule has 0 aliphatic carbocycles. The Morgan fingerprint density at radius 2 is 2.33 bits per heavy atom. The van der Waals surface area contributed by atoms with Crippen molar-refractivity contribution in [3.05, 3.63) is 40.6 Å². The maximum atomic E-state index is 11.1. The Morgan fingerprint density at radius 1 is 1.67 bits per heavy atom. The summed E-state index contributed by atoms with van der Waals surface area (Å²) in [6, 6.07) is 3.32. The minimum absolute atomic E-state index is 0.0349. The van der Waals surface area contributed by atoms with Crippen molar-refractivity contribution in [3.63, 3.8) is 0 Å². The van der Waals surface area contributed by atoms with Gasteiger partial charge in [-0.15, -0.1) is 0 Å². The lowest BCUT2D eigenvalue weighted by Gasteiger charge is -2.10. The zero-order valence-corrected chi connectivity index (χ0v) is 9.69. The van der Waals surface area contributed by atoms with Crippen LogP contribution in [-0.2, 0) is 9.53 Å². The molecule has 1 atom stereocenters. The van der Waals surface area contributed by atoms with E-state index in [-0.39, 0.29) is 5.57 Å². The summed E-state index contributed by atoms with van der Waals surface area (Å²) >= 11 is 3.22. The third-order valence-electron chi connectivity index (χ3n) is 1.81. The van der Waals surface area contributed by atoms with Crippen molar-refractivity contribution in [2.24, 2.45) is 0 Å². The van der Waals surface area contributed by atoms with Gasteiger partial charge in [0.25, 0.3) is 0 Å². The third kappa shape index (κ3) is 2.87. The predicted molar refractivity (Wildman–Crippen MR) is 58.1 cm³/mol. The van der Waals surface area contributed by atoms with Crippen LogP contribution in [0.3, 0.4) is 0 Å². The van der Waals surface area contributed by atoms with Crippen LogP contribution in [0.5, 0.6) is 0 Å². The maximum absolute atomic E-state index is 11.1. The first kappa shape index (κ1) is 11.9. The van der Waals surface area contributed by atoms with Crippen molar-refractivity contribution in [2.45, 2.75) is 6.10 Å². The van der Waals surface area contributed by atoms with Gasteiger partial charge in [0, 0.05) is 10.7 Å². The minimum atomic E-state index is -1.13. The summed E-state index contributed by atoms with van der Waals surface area (Å²) in [6.07, 6.45) is 0.397. The molecule has 1 N–H and O–H groups in total. The number of aliphatic hydroxyl groups excluding tert-OH is 1. The Bertz CT molecular complexity index is 375. The van der Waals surface area contributed by atoms with Gasteiger partial charge in [-0.3, -0.25) is 4.98 Å². The van der Waals surface area contributed by atoms with E-state index in [2.05, 4.69) is 32.2 Å². The molecule has 1 aromatic heterocycles. The Morgan fingerprint density at radius 3 is 2.80 bits per heavy atom. The Labute approximate surface area is 95.7 Å². The number of aliphatic hydroxyl groups is 1. The number of hydrogen-bond acceptors (Lipinski definition) is 4. The van der Waals surface area contributed by atoms with Crippen molar-refractivity contribution in [3.8, 4) is 0 Å². The lowest BCUT2D eigenvalue weighted by atomic mass is 10.1. The van der Waals surface area contributed by atoms with Gasteiger partial charge >= 0.3 is 5.97 Å². The molecule has 5 heteroatoms. The number of methoxy groups -OCH3 is 1. The molecule has 0 amide bonds. The second kappa shape index (κ2) is 5.04. The molecule has 0 fully saturated rings. The number of aromatic nitrogens is 1. The van der Waals surface area contributed by atoms with E-state index < -0.39 is 12.1 Å². The molecule has 1 unspecified atom stereocenters. The highest BCUT2D eigenvalue weighted by Gasteiger charge is 2.19. The number of rotatable bonds is 3. The molecular weight excluding hydrogens is 262 g/mol. The highest BCUT2D eigenvalue weighted by Crippen LogP contribution is 2.20. The molecule has 1 rings (SSSR count). The van der Waals surface area contributed by atoms with Gasteiger partial charge < -0.3 is 9.84 Å². The molecule has 0 bridgehead atoms. The van der Waals surface area contributed by atoms with Crippen LogP contribution in [0.15, 0.2) is 35.0 Å². The Balaban J connectivity index is 2.85. The first-order valence-electron chi connectivity index (χ1n) is 4.13. The summed E-state index contributed by atoms with van der Waals surface area (Å²) in [6.45, 7) is 3.45. The van der Waals surface area contributed by atoms with E-state index in [4.69, 9.17) is 0 Å². The second-order valence-corrected chi connectivity index (χ2v) is 3.74. The van der Waals surface area contributed by atoms with E-state index in [9.17, 15) is 9.90 Å². The largest absolute Gasteiger partial charge is 0.466 e. The van der Waals surface area contributed by atoms with Gasteiger partial charge in [-0.25, -0.2) is 4.79 Å². The summed E-state index contributed by atoms with van der Waals surface area (Å²) < 4.78 is 5.24. The predicted octanol–water partition coefficient (Wildman–Crippen LogP) is 1.61. The number of halogens is 1. The molecule has 1 heterocycles. The van der Waals surface area contributed by atoms with Crippen molar-refractivity contribution in [2.75, 3.05) is 7.11 Å². The molecule has 0 saturated heterocycles. The number of hydrogen-bond donors (Lipinski definition) is 1. The number of ether oxygens (including phenoxy) is 1. The molecule has 0 saturated carbocycles. The standard InChI is InChI=1S/C10H10BrNO3/c1-6(10(14)15-2)9(13)8-4-3-7(11)5-12-8/h3-5,9,13H,1H2,2H3. The lowest BCUT2D eigenvalue weighted by molar-refractivity contribution is -0.137. The summed E-state index contributed by atoms with van der Waals surface area (Å²) in [5, 5.41) is 9.70. The second-order valence-electron chi connectivity index (χ2n) is 2.82. The molecule has 4 nitrogen and oxygen atoms in total. The van der Waals surface area contributed by atoms with Gasteiger partial charge in [0.05, 0.1) is 18.4 Å². The fraction of sp³-hybridized carbons (Fsp3) is 0.200. The Kier molecular flexibility index (Phi) is 3.99. The van der Waals surface area contributed by atoms with Crippen LogP contribution in [0.2, 0.25) is 0 Å². The molecule has 0 radical (unpaired) electrons. The topological polar surface area (TPSA) is 59.4 Å². The molecule has 80 valence electrons. The number of nitrogens with zero attached hydrogens (tertiary/aromatic N) is 1. The van der Waals surface area contributed by atoms with E-state index in [1.165, 1.54) is 13.3 Å². The van der Waals surface area contributed by atoms with E-state index >= 15 is 0 Å². The first-order valence-corrected chi connectivity index (χ1v) is 4.92. The summed E-state index contributed by atoms with van der Waals surface area (Å²) in [5.74, 6) is -0.646. The third-order valence-corrected chi connectivity index (χ3v) is 2.28. The molecule has 0 aliphatic heterocycles. The van der Waals surface area contributed by atoms with E-state index in [0.29, 0.717) is 5.69 Å². The fourth-order valence-corrected chi connectivity index (χ4v) is 1.20. The highest BCUT2D eigenvalue weighted by molar-refractivity contribution is 9.10. The number of esters is 1. The monoisotopic (exact) mass is 271 g/mol. The summed E-state index contributed by atoms with van der Waals surface area (Å²) in [5.41, 5.74) is 0.320. The highest BCUT2D eigenvalue weighted by atomic mass is 79.9. The van der Waals surface area contributed by atoms with E-state index in [1.807, 2.05) is 0 Å². The van der Waals surface area contributed by atoms with Crippen molar-refractivity contribution in [1.82, 2.24) is 4.98 Å². The van der Waals surface area contributed by atoms with Gasteiger partial charge in [-0.05, 0) is 28.1 Å². The van der Waals surface area contributed by atoms with Crippen LogP contribution in [0, 0.1) is 0 Å². The smallest absolute Gasteiger partial charge is 0.336 e. The van der Waals surface area contributed by atoms with Crippen LogP contribution in [-0.4, -0.2) is 23.2 Å². The molecule has 0 aliphatic rings. The van der Waals surface area contributed by atoms with Crippen molar-refractivity contribution in [1.29, 1.82) is 0 Å². The van der Waals surface area contributed by atoms with E-state index in [0.717, 1.165) is 4.47 Å². The Hall–Kier alpha value is -1.20. The van der Waals surface area contributed by atoms with Crippen LogP contribution in [0.1, 0.15) is 11.8 Å². The molecule has 15 heavy (non-hydrogen) atoms. The zero-order chi connectivity index (χ0) is 11.4. The minimum Gasteiger partial charge on any atom is -0.466 e. The first-order chi connectivity index (χ1) is 7.06. The molecule has 0 spiro atoms. The van der Waals surface area contributed by atoms with Gasteiger partial charge in [-0.2, -0.15) is 0 Å². The van der Waals surface area contributed by atoms with Gasteiger partial charge in [-0.1, -0.05) is 6.58 Å². The lowest BCUT2D eigenvalue weighted by Crippen LogP contribution is -2.12. The fourth-order valence-electron chi connectivity index (χ4n) is 0.970. The zero-order valence-electron chi connectivity index (χ0n) is 8.11. The number of pyridine rings is 1. The number of carbonyl (C=O) groups excluding carboxylic acids is 1. The summed E-state index contributed by atoms with van der Waals surface area (Å²) in [4.78, 5) is 15.0. The van der Waals surface area contributed by atoms with Crippen LogP contribution >= 0.6 is 15.9 Å². The molecular formula is C10H10BrNO3. The number of carbonyl (C=O) groups is 1. The van der Waals surface area contributed by atoms with E-state index in [1.54, 1.807) is 12.1 Å². The summed E-state index contributed by atoms with van der Waals surface area (Å²) in [7, 11) is 1.23. The maximum Gasteiger partial charge on any atom is 0.336 e. The van der Waals surface area contributed by atoms with Crippen molar-refractivity contribution >= 4 is 21.9 Å². The van der Waals surface area contributed by atoms with Gasteiger partial charge in [0.1, 0.15) is 6.10 Å². The molecule has 0 aromatic carbocycles.